The van der Waals surface area contributed by atoms with E-state index in [4.69, 9.17) is 5.11 Å². The molecule has 0 aromatic rings. The Morgan fingerprint density at radius 2 is 2.13 bits per heavy atom. The van der Waals surface area contributed by atoms with Gasteiger partial charge in [0.1, 0.15) is 6.04 Å². The Morgan fingerprint density at radius 3 is 2.60 bits per heavy atom. The van der Waals surface area contributed by atoms with Gasteiger partial charge in [0.15, 0.2) is 0 Å². The van der Waals surface area contributed by atoms with E-state index in [2.05, 4.69) is 0 Å². The zero-order valence-electron chi connectivity index (χ0n) is 8.58. The molecule has 1 atom stereocenters. The lowest BCUT2D eigenvalue weighted by atomic mass is 10.3. The minimum absolute atomic E-state index is 0.252. The van der Waals surface area contributed by atoms with Gasteiger partial charge < -0.3 is 5.11 Å². The van der Waals surface area contributed by atoms with Crippen LogP contribution in [-0.4, -0.2) is 66.3 Å². The van der Waals surface area contributed by atoms with Crippen LogP contribution in [0.5, 0.6) is 0 Å². The van der Waals surface area contributed by atoms with E-state index < -0.39 is 22.2 Å². The highest BCUT2D eigenvalue weighted by molar-refractivity contribution is 7.99. The zero-order valence-corrected chi connectivity index (χ0v) is 10.2. The van der Waals surface area contributed by atoms with E-state index in [1.54, 1.807) is 0 Å². The summed E-state index contributed by atoms with van der Waals surface area (Å²) in [6, 6.07) is -0.948. The first-order chi connectivity index (χ1) is 6.87. The van der Waals surface area contributed by atoms with E-state index in [0.29, 0.717) is 11.5 Å². The summed E-state index contributed by atoms with van der Waals surface area (Å²) >= 11 is 1.46. The largest absolute Gasteiger partial charge is 0.480 e. The van der Waals surface area contributed by atoms with Gasteiger partial charge in [-0.1, -0.05) is 0 Å². The minimum atomic E-state index is -3.62. The second-order valence-electron chi connectivity index (χ2n) is 3.33. The molecule has 0 aromatic carbocycles. The van der Waals surface area contributed by atoms with Crippen molar-refractivity contribution >= 4 is 27.9 Å². The van der Waals surface area contributed by atoms with Crippen LogP contribution in [0.2, 0.25) is 0 Å². The number of carboxylic acid groups (broad SMARTS) is 1. The van der Waals surface area contributed by atoms with Gasteiger partial charge in [0.05, 0.1) is 0 Å². The molecule has 1 saturated heterocycles. The molecule has 0 saturated carbocycles. The predicted molar refractivity (Wildman–Crippen MR) is 58.1 cm³/mol. The second kappa shape index (κ2) is 4.69. The Morgan fingerprint density at radius 1 is 1.53 bits per heavy atom. The number of thioether (sulfide) groups is 1. The molecule has 1 aliphatic rings. The summed E-state index contributed by atoms with van der Waals surface area (Å²) in [6.07, 6.45) is 0. The number of rotatable bonds is 3. The Hall–Kier alpha value is -0.310. The number of carbonyl (C=O) groups is 1. The van der Waals surface area contributed by atoms with E-state index in [0.717, 1.165) is 8.61 Å². The molecule has 0 spiro atoms. The summed E-state index contributed by atoms with van der Waals surface area (Å²) in [5.74, 6) is -0.146. The van der Waals surface area contributed by atoms with E-state index >= 15 is 0 Å². The third-order valence-electron chi connectivity index (χ3n) is 2.12. The minimum Gasteiger partial charge on any atom is -0.480 e. The van der Waals surface area contributed by atoms with Crippen LogP contribution in [0.3, 0.4) is 0 Å². The second-order valence-corrected chi connectivity index (χ2v) is 6.57. The van der Waals surface area contributed by atoms with Gasteiger partial charge in [0.2, 0.25) is 0 Å². The molecule has 1 aliphatic heterocycles. The molecule has 1 fully saturated rings. The van der Waals surface area contributed by atoms with Gasteiger partial charge in [-0.3, -0.25) is 4.79 Å². The van der Waals surface area contributed by atoms with E-state index in [1.165, 1.54) is 25.9 Å². The lowest BCUT2D eigenvalue weighted by molar-refractivity contribution is -0.140. The fourth-order valence-corrected chi connectivity index (χ4v) is 3.74. The monoisotopic (exact) mass is 254 g/mol. The molecule has 1 rings (SSSR count). The molecule has 8 heteroatoms. The van der Waals surface area contributed by atoms with Gasteiger partial charge in [-0.2, -0.15) is 28.8 Å². The topological polar surface area (TPSA) is 77.9 Å². The normalized spacial score (nSPS) is 24.3. The van der Waals surface area contributed by atoms with Gasteiger partial charge in [-0.25, -0.2) is 0 Å². The molecule has 6 nitrogen and oxygen atoms in total. The van der Waals surface area contributed by atoms with E-state index in [1.807, 2.05) is 0 Å². The highest BCUT2D eigenvalue weighted by atomic mass is 32.2. The van der Waals surface area contributed by atoms with E-state index in [-0.39, 0.29) is 6.54 Å². The summed E-state index contributed by atoms with van der Waals surface area (Å²) in [4.78, 5) is 10.9. The maximum absolute atomic E-state index is 11.8. The van der Waals surface area contributed by atoms with Crippen molar-refractivity contribution in [3.8, 4) is 0 Å². The van der Waals surface area contributed by atoms with Crippen molar-refractivity contribution in [1.82, 2.24) is 8.61 Å². The first kappa shape index (κ1) is 12.8. The van der Waals surface area contributed by atoms with Crippen LogP contribution in [-0.2, 0) is 15.0 Å². The Kier molecular flexibility index (Phi) is 3.99. The van der Waals surface area contributed by atoms with Crippen LogP contribution < -0.4 is 0 Å². The first-order valence-corrected chi connectivity index (χ1v) is 6.92. The van der Waals surface area contributed by atoms with Crippen molar-refractivity contribution in [2.24, 2.45) is 0 Å². The molecular formula is C7H14N2O4S2. The molecular weight excluding hydrogens is 240 g/mol. The highest BCUT2D eigenvalue weighted by Crippen LogP contribution is 2.20. The number of hydrogen-bond donors (Lipinski definition) is 1. The summed E-state index contributed by atoms with van der Waals surface area (Å²) in [5, 5.41) is 8.92. The predicted octanol–water partition coefficient (Wildman–Crippen LogP) is -0.705. The third kappa shape index (κ3) is 2.63. The quantitative estimate of drug-likeness (QED) is 0.720. The van der Waals surface area contributed by atoms with Gasteiger partial charge in [0.25, 0.3) is 10.2 Å². The van der Waals surface area contributed by atoms with Crippen molar-refractivity contribution in [3.05, 3.63) is 0 Å². The third-order valence-corrected chi connectivity index (χ3v) is 5.10. The molecule has 88 valence electrons. The van der Waals surface area contributed by atoms with Gasteiger partial charge in [0, 0.05) is 32.1 Å². The molecule has 0 aliphatic carbocycles. The standard InChI is InChI=1S/C7H14N2O4S2/c1-8(2)15(12,13)9-3-4-14-5-6(9)7(10)11/h6H,3-5H2,1-2H3,(H,10,11). The van der Waals surface area contributed by atoms with Crippen LogP contribution >= 0.6 is 11.8 Å². The average molecular weight is 254 g/mol. The molecule has 15 heavy (non-hydrogen) atoms. The SMILES string of the molecule is CN(C)S(=O)(=O)N1CCSCC1C(=O)O. The van der Waals surface area contributed by atoms with Crippen molar-refractivity contribution in [1.29, 1.82) is 0 Å². The van der Waals surface area contributed by atoms with Crippen LogP contribution in [0.4, 0.5) is 0 Å². The van der Waals surface area contributed by atoms with Gasteiger partial charge in [-0.15, -0.1) is 0 Å². The number of hydrogen-bond acceptors (Lipinski definition) is 4. The van der Waals surface area contributed by atoms with Crippen molar-refractivity contribution in [3.63, 3.8) is 0 Å². The first-order valence-electron chi connectivity index (χ1n) is 4.37. The Labute approximate surface area is 93.4 Å². The van der Waals surface area contributed by atoms with Crippen LogP contribution in [0, 0.1) is 0 Å². The maximum Gasteiger partial charge on any atom is 0.322 e. The molecule has 1 heterocycles. The molecule has 0 aromatic heterocycles. The summed E-state index contributed by atoms with van der Waals surface area (Å²) in [6.45, 7) is 0.252. The number of aliphatic carboxylic acids is 1. The fourth-order valence-electron chi connectivity index (χ4n) is 1.27. The summed E-state index contributed by atoms with van der Waals surface area (Å²) in [7, 11) is -0.824. The van der Waals surface area contributed by atoms with Crippen molar-refractivity contribution in [2.75, 3.05) is 32.1 Å². The van der Waals surface area contributed by atoms with Crippen molar-refractivity contribution in [2.45, 2.75) is 6.04 Å². The smallest absolute Gasteiger partial charge is 0.322 e. The fraction of sp³-hybridized carbons (Fsp3) is 0.857. The average Bonchev–Trinajstić information content (AvgIpc) is 2.17. The Balaban J connectivity index is 2.95. The van der Waals surface area contributed by atoms with E-state index in [9.17, 15) is 13.2 Å². The maximum atomic E-state index is 11.8. The van der Waals surface area contributed by atoms with Crippen LogP contribution in [0.25, 0.3) is 0 Å². The van der Waals surface area contributed by atoms with Crippen LogP contribution in [0.15, 0.2) is 0 Å². The zero-order chi connectivity index (χ0) is 11.6. The number of nitrogens with zero attached hydrogens (tertiary/aromatic N) is 2. The summed E-state index contributed by atoms with van der Waals surface area (Å²) < 4.78 is 25.6. The highest BCUT2D eigenvalue weighted by Gasteiger charge is 2.38. The molecule has 0 bridgehead atoms. The van der Waals surface area contributed by atoms with Crippen molar-refractivity contribution < 1.29 is 18.3 Å². The molecule has 0 radical (unpaired) electrons. The molecule has 0 amide bonds. The summed E-state index contributed by atoms with van der Waals surface area (Å²) in [5.41, 5.74) is 0. The van der Waals surface area contributed by atoms with Gasteiger partial charge >= 0.3 is 5.97 Å². The lowest BCUT2D eigenvalue weighted by Crippen LogP contribution is -2.53. The molecule has 1 N–H and O–H groups in total. The number of carboxylic acids is 1. The lowest BCUT2D eigenvalue weighted by Gasteiger charge is -2.33. The Bertz CT molecular complexity index is 341. The van der Waals surface area contributed by atoms with Crippen LogP contribution in [0.1, 0.15) is 0 Å². The van der Waals surface area contributed by atoms with Gasteiger partial charge in [-0.05, 0) is 0 Å². The molecule has 1 unspecified atom stereocenters.